The van der Waals surface area contributed by atoms with Crippen LogP contribution in [-0.2, 0) is 4.79 Å². The highest BCUT2D eigenvalue weighted by Crippen LogP contribution is 2.35. The van der Waals surface area contributed by atoms with Crippen LogP contribution in [0.5, 0.6) is 0 Å². The number of hydrogen-bond donors (Lipinski definition) is 1. The number of benzene rings is 2. The fourth-order valence-corrected chi connectivity index (χ4v) is 4.94. The van der Waals surface area contributed by atoms with Crippen molar-refractivity contribution < 1.29 is 4.79 Å². The molecule has 1 N–H and O–H groups in total. The number of aromatic nitrogens is 3. The highest BCUT2D eigenvalue weighted by Gasteiger charge is 2.11. The SMILES string of the molecule is O=C(CSc1ccccc1)Nc1nnc(Sc2ccnc3ccccc23)s1. The number of anilines is 1. The van der Waals surface area contributed by atoms with Crippen LogP contribution >= 0.6 is 34.9 Å². The summed E-state index contributed by atoms with van der Waals surface area (Å²) in [5, 5.41) is 12.7. The fraction of sp³-hybridized carbons (Fsp3) is 0.0526. The zero-order chi connectivity index (χ0) is 18.5. The summed E-state index contributed by atoms with van der Waals surface area (Å²) in [5.41, 5.74) is 0.943. The Kier molecular flexibility index (Phi) is 5.66. The minimum absolute atomic E-state index is 0.0917. The van der Waals surface area contributed by atoms with Gasteiger partial charge in [-0.05, 0) is 24.3 Å². The zero-order valence-electron chi connectivity index (χ0n) is 14.0. The fourth-order valence-electron chi connectivity index (χ4n) is 2.38. The normalized spacial score (nSPS) is 10.8. The monoisotopic (exact) mass is 410 g/mol. The number of pyridine rings is 1. The zero-order valence-corrected chi connectivity index (χ0v) is 16.5. The Morgan fingerprint density at radius 2 is 1.81 bits per heavy atom. The maximum Gasteiger partial charge on any atom is 0.236 e. The van der Waals surface area contributed by atoms with Crippen LogP contribution in [0.25, 0.3) is 10.9 Å². The first-order valence-electron chi connectivity index (χ1n) is 8.11. The lowest BCUT2D eigenvalue weighted by Gasteiger charge is -2.02. The van der Waals surface area contributed by atoms with E-state index >= 15 is 0 Å². The third-order valence-electron chi connectivity index (χ3n) is 3.57. The van der Waals surface area contributed by atoms with Gasteiger partial charge in [-0.15, -0.1) is 22.0 Å². The number of rotatable bonds is 6. The molecule has 0 atom stereocenters. The molecule has 2 heterocycles. The number of thioether (sulfide) groups is 1. The number of fused-ring (bicyclic) bond motifs is 1. The molecule has 5 nitrogen and oxygen atoms in total. The van der Waals surface area contributed by atoms with Gasteiger partial charge in [-0.1, -0.05) is 59.5 Å². The second-order valence-corrected chi connectivity index (χ2v) is 8.77. The highest BCUT2D eigenvalue weighted by molar-refractivity contribution is 8.01. The van der Waals surface area contributed by atoms with Gasteiger partial charge in [0.25, 0.3) is 0 Å². The molecule has 27 heavy (non-hydrogen) atoms. The van der Waals surface area contributed by atoms with Crippen molar-refractivity contribution >= 4 is 56.8 Å². The van der Waals surface area contributed by atoms with Crippen LogP contribution in [0.1, 0.15) is 0 Å². The van der Waals surface area contributed by atoms with E-state index in [0.717, 1.165) is 25.0 Å². The van der Waals surface area contributed by atoms with E-state index < -0.39 is 0 Å². The van der Waals surface area contributed by atoms with E-state index in [4.69, 9.17) is 0 Å². The Morgan fingerprint density at radius 3 is 2.70 bits per heavy atom. The Balaban J connectivity index is 1.39. The van der Waals surface area contributed by atoms with Gasteiger partial charge in [-0.3, -0.25) is 15.1 Å². The summed E-state index contributed by atoms with van der Waals surface area (Å²) in [6, 6.07) is 19.8. The van der Waals surface area contributed by atoms with Crippen LogP contribution in [0.2, 0.25) is 0 Å². The molecule has 0 saturated carbocycles. The first kappa shape index (κ1) is 18.0. The van der Waals surface area contributed by atoms with Crippen molar-refractivity contribution in [2.75, 3.05) is 11.1 Å². The first-order valence-corrected chi connectivity index (χ1v) is 10.7. The Bertz CT molecular complexity index is 1060. The minimum atomic E-state index is -0.0917. The molecule has 0 radical (unpaired) electrons. The summed E-state index contributed by atoms with van der Waals surface area (Å²) < 4.78 is 0.775. The lowest BCUT2D eigenvalue weighted by Crippen LogP contribution is -2.13. The van der Waals surface area contributed by atoms with E-state index in [1.165, 1.54) is 34.9 Å². The second-order valence-electron chi connectivity index (χ2n) is 5.45. The average Bonchev–Trinajstić information content (AvgIpc) is 3.14. The Labute approximate surface area is 168 Å². The number of amides is 1. The van der Waals surface area contributed by atoms with Crippen LogP contribution in [0.4, 0.5) is 5.13 Å². The lowest BCUT2D eigenvalue weighted by atomic mass is 10.2. The van der Waals surface area contributed by atoms with Crippen molar-refractivity contribution in [3.8, 4) is 0 Å². The van der Waals surface area contributed by atoms with Crippen molar-refractivity contribution in [3.63, 3.8) is 0 Å². The van der Waals surface area contributed by atoms with Crippen molar-refractivity contribution in [2.45, 2.75) is 14.1 Å². The van der Waals surface area contributed by atoms with Gasteiger partial charge in [-0.2, -0.15) is 0 Å². The van der Waals surface area contributed by atoms with Crippen molar-refractivity contribution in [1.82, 2.24) is 15.2 Å². The maximum atomic E-state index is 12.1. The van der Waals surface area contributed by atoms with Gasteiger partial charge >= 0.3 is 0 Å². The molecule has 2 aromatic heterocycles. The van der Waals surface area contributed by atoms with Crippen LogP contribution < -0.4 is 5.32 Å². The number of hydrogen-bond acceptors (Lipinski definition) is 7. The predicted octanol–water partition coefficient (Wildman–Crippen LogP) is 4.97. The molecule has 0 bridgehead atoms. The van der Waals surface area contributed by atoms with E-state index in [9.17, 15) is 4.79 Å². The van der Waals surface area contributed by atoms with Crippen LogP contribution in [-0.4, -0.2) is 26.8 Å². The molecular weight excluding hydrogens is 396 g/mol. The lowest BCUT2D eigenvalue weighted by molar-refractivity contribution is -0.113. The maximum absolute atomic E-state index is 12.1. The van der Waals surface area contributed by atoms with Gasteiger partial charge in [0.2, 0.25) is 11.0 Å². The number of nitrogens with one attached hydrogen (secondary N) is 1. The van der Waals surface area contributed by atoms with E-state index in [-0.39, 0.29) is 5.91 Å². The van der Waals surface area contributed by atoms with Gasteiger partial charge in [0.05, 0.1) is 11.3 Å². The summed E-state index contributed by atoms with van der Waals surface area (Å²) in [6.07, 6.45) is 1.79. The van der Waals surface area contributed by atoms with Gasteiger partial charge < -0.3 is 0 Å². The third-order valence-corrected chi connectivity index (χ3v) is 6.55. The molecular formula is C19H14N4OS3. The molecule has 0 aliphatic heterocycles. The van der Waals surface area contributed by atoms with E-state index in [2.05, 4.69) is 20.5 Å². The quantitative estimate of drug-likeness (QED) is 0.358. The third kappa shape index (κ3) is 4.65. The number of para-hydroxylation sites is 1. The molecule has 0 aliphatic carbocycles. The van der Waals surface area contributed by atoms with E-state index in [0.29, 0.717) is 10.9 Å². The number of nitrogens with zero attached hydrogens (tertiary/aromatic N) is 3. The minimum Gasteiger partial charge on any atom is -0.300 e. The summed E-state index contributed by atoms with van der Waals surface area (Å²) in [4.78, 5) is 18.6. The Hall–Kier alpha value is -2.42. The standard InChI is InChI=1S/C19H14N4OS3/c24-17(12-25-13-6-2-1-3-7-13)21-18-22-23-19(27-18)26-16-10-11-20-15-9-5-4-8-14(15)16/h1-11H,12H2,(H,21,22,24). The topological polar surface area (TPSA) is 67.8 Å². The van der Waals surface area contributed by atoms with E-state index in [1.807, 2.05) is 60.7 Å². The Morgan fingerprint density at radius 1 is 1.00 bits per heavy atom. The molecule has 4 aromatic rings. The molecule has 2 aromatic carbocycles. The molecule has 0 aliphatic rings. The molecule has 0 unspecified atom stereocenters. The predicted molar refractivity (Wildman–Crippen MR) is 112 cm³/mol. The number of carbonyl (C=O) groups is 1. The second kappa shape index (κ2) is 8.51. The summed E-state index contributed by atoms with van der Waals surface area (Å²) in [5.74, 6) is 0.243. The molecule has 0 spiro atoms. The summed E-state index contributed by atoms with van der Waals surface area (Å²) in [7, 11) is 0. The largest absolute Gasteiger partial charge is 0.300 e. The van der Waals surface area contributed by atoms with Crippen molar-refractivity contribution in [2.24, 2.45) is 0 Å². The van der Waals surface area contributed by atoms with Crippen LogP contribution in [0.15, 0.2) is 81.0 Å². The summed E-state index contributed by atoms with van der Waals surface area (Å²) in [6.45, 7) is 0. The molecule has 8 heteroatoms. The van der Waals surface area contributed by atoms with E-state index in [1.54, 1.807) is 6.20 Å². The van der Waals surface area contributed by atoms with Gasteiger partial charge in [0.15, 0.2) is 4.34 Å². The first-order chi connectivity index (χ1) is 13.3. The highest BCUT2D eigenvalue weighted by atomic mass is 32.2. The van der Waals surface area contributed by atoms with Gasteiger partial charge in [0.1, 0.15) is 0 Å². The van der Waals surface area contributed by atoms with Gasteiger partial charge in [-0.25, -0.2) is 0 Å². The van der Waals surface area contributed by atoms with Crippen molar-refractivity contribution in [1.29, 1.82) is 0 Å². The van der Waals surface area contributed by atoms with Gasteiger partial charge in [0, 0.05) is 21.4 Å². The van der Waals surface area contributed by atoms with Crippen LogP contribution in [0.3, 0.4) is 0 Å². The summed E-state index contributed by atoms with van der Waals surface area (Å²) >= 11 is 4.38. The number of carbonyl (C=O) groups excluding carboxylic acids is 1. The van der Waals surface area contributed by atoms with Crippen LogP contribution in [0, 0.1) is 0 Å². The molecule has 0 fully saturated rings. The molecule has 1 amide bonds. The molecule has 0 saturated heterocycles. The van der Waals surface area contributed by atoms with Crippen molar-refractivity contribution in [3.05, 3.63) is 66.9 Å². The average molecular weight is 411 g/mol. The molecule has 134 valence electrons. The smallest absolute Gasteiger partial charge is 0.236 e. The molecule has 4 rings (SSSR count).